The number of hydroxylamine groups is 1. The van der Waals surface area contributed by atoms with Crippen LogP contribution in [-0.2, 0) is 14.4 Å². The van der Waals surface area contributed by atoms with Crippen LogP contribution in [0.4, 0.5) is 0 Å². The van der Waals surface area contributed by atoms with Crippen LogP contribution in [0.1, 0.15) is 40.9 Å². The third-order valence-corrected chi connectivity index (χ3v) is 4.66. The Morgan fingerprint density at radius 2 is 1.93 bits per heavy atom. The van der Waals surface area contributed by atoms with Gasteiger partial charge >= 0.3 is 0 Å². The van der Waals surface area contributed by atoms with Crippen LogP contribution < -0.4 is 5.48 Å². The molecule has 0 aliphatic carbocycles. The van der Waals surface area contributed by atoms with Crippen molar-refractivity contribution >= 4 is 28.7 Å². The zero-order valence-corrected chi connectivity index (χ0v) is 15.8. The fraction of sp³-hybridized carbons (Fsp3) is 0.217. The van der Waals surface area contributed by atoms with Gasteiger partial charge in [0.1, 0.15) is 5.58 Å². The van der Waals surface area contributed by atoms with Crippen LogP contribution in [0.2, 0.25) is 0 Å². The lowest BCUT2D eigenvalue weighted by Gasteiger charge is -2.21. The van der Waals surface area contributed by atoms with Gasteiger partial charge in [0.25, 0.3) is 5.91 Å². The van der Waals surface area contributed by atoms with Crippen molar-refractivity contribution in [2.45, 2.75) is 25.6 Å². The topological polar surface area (TPSA) is 77.8 Å². The summed E-state index contributed by atoms with van der Waals surface area (Å²) in [4.78, 5) is 29.7. The van der Waals surface area contributed by atoms with E-state index in [4.69, 9.17) is 14.0 Å². The Hall–Kier alpha value is -3.22. The smallest absolute Gasteiger partial charge is 0.267 e. The van der Waals surface area contributed by atoms with E-state index >= 15 is 0 Å². The number of hydrogen-bond acceptors (Lipinski definition) is 5. The number of rotatable bonds is 6. The number of ether oxygens (including phenoxy) is 1. The minimum absolute atomic E-state index is 0.166. The second-order valence-corrected chi connectivity index (χ2v) is 6.82. The summed E-state index contributed by atoms with van der Waals surface area (Å²) in [6.07, 6.45) is 5.49. The van der Waals surface area contributed by atoms with E-state index in [0.29, 0.717) is 17.8 Å². The molecule has 3 aromatic rings. The quantitative estimate of drug-likeness (QED) is 0.386. The Morgan fingerprint density at radius 3 is 2.72 bits per heavy atom. The standard InChI is InChI=1S/C23H21NO5/c25-21(24-29-22-8-4-5-13-27-22)12-10-16-9-11-19-18(14-16)15-20(28-19)23(26)17-6-2-1-3-7-17/h1-3,6-7,9-12,14-15,22H,4-5,8,13H2,(H,24,25)/b12-10+. The summed E-state index contributed by atoms with van der Waals surface area (Å²) in [5.41, 5.74) is 4.38. The summed E-state index contributed by atoms with van der Waals surface area (Å²) in [5, 5.41) is 0.790. The number of hydrogen-bond donors (Lipinski definition) is 1. The van der Waals surface area contributed by atoms with Gasteiger partial charge in [0.2, 0.25) is 5.78 Å². The van der Waals surface area contributed by atoms with E-state index in [1.165, 1.54) is 6.08 Å². The van der Waals surface area contributed by atoms with Gasteiger partial charge in [0.05, 0.1) is 0 Å². The molecule has 1 amide bonds. The second-order valence-electron chi connectivity index (χ2n) is 6.82. The lowest BCUT2D eigenvalue weighted by molar-refractivity contribution is -0.198. The number of carbonyl (C=O) groups excluding carboxylic acids is 2. The molecule has 1 unspecified atom stereocenters. The number of ketones is 1. The van der Waals surface area contributed by atoms with E-state index in [-0.39, 0.29) is 23.7 Å². The van der Waals surface area contributed by atoms with Crippen molar-refractivity contribution in [3.63, 3.8) is 0 Å². The second kappa shape index (κ2) is 8.86. The molecular weight excluding hydrogens is 370 g/mol. The summed E-state index contributed by atoms with van der Waals surface area (Å²) in [5.74, 6) is -0.252. The summed E-state index contributed by atoms with van der Waals surface area (Å²) in [6, 6.07) is 16.2. The fourth-order valence-electron chi connectivity index (χ4n) is 3.14. The molecule has 29 heavy (non-hydrogen) atoms. The first-order valence-corrected chi connectivity index (χ1v) is 9.58. The predicted octanol–water partition coefficient (Wildman–Crippen LogP) is 4.25. The number of amides is 1. The van der Waals surface area contributed by atoms with Crippen molar-refractivity contribution in [1.82, 2.24) is 5.48 Å². The normalized spacial score (nSPS) is 16.9. The van der Waals surface area contributed by atoms with Crippen molar-refractivity contribution in [3.05, 3.63) is 77.6 Å². The molecule has 6 nitrogen and oxygen atoms in total. The van der Waals surface area contributed by atoms with Gasteiger partial charge in [0, 0.05) is 30.1 Å². The minimum Gasteiger partial charge on any atom is -0.453 e. The first-order valence-electron chi connectivity index (χ1n) is 9.58. The fourth-order valence-corrected chi connectivity index (χ4v) is 3.14. The molecule has 1 aliphatic rings. The Kier molecular flexibility index (Phi) is 5.84. The first-order chi connectivity index (χ1) is 14.2. The first kappa shape index (κ1) is 19.1. The van der Waals surface area contributed by atoms with Crippen molar-refractivity contribution in [2.75, 3.05) is 6.61 Å². The van der Waals surface area contributed by atoms with Gasteiger partial charge in [-0.15, -0.1) is 0 Å². The Bertz CT molecular complexity index is 1030. The van der Waals surface area contributed by atoms with Crippen molar-refractivity contribution < 1.29 is 23.6 Å². The van der Waals surface area contributed by atoms with Gasteiger partial charge < -0.3 is 9.15 Å². The SMILES string of the molecule is O=C(/C=C/c1ccc2oc(C(=O)c3ccccc3)cc2c1)NOC1CCCCO1. The molecule has 1 aromatic heterocycles. The van der Waals surface area contributed by atoms with Gasteiger partial charge in [-0.25, -0.2) is 10.3 Å². The van der Waals surface area contributed by atoms with Gasteiger partial charge in [0.15, 0.2) is 12.1 Å². The maximum absolute atomic E-state index is 12.5. The molecule has 1 N–H and O–H groups in total. The van der Waals surface area contributed by atoms with Crippen LogP contribution in [0.25, 0.3) is 17.0 Å². The molecule has 0 saturated carbocycles. The van der Waals surface area contributed by atoms with Crippen LogP contribution in [0.5, 0.6) is 0 Å². The molecule has 1 aliphatic heterocycles. The van der Waals surface area contributed by atoms with E-state index in [1.807, 2.05) is 30.3 Å². The van der Waals surface area contributed by atoms with Crippen LogP contribution in [-0.4, -0.2) is 24.6 Å². The summed E-state index contributed by atoms with van der Waals surface area (Å²) in [6.45, 7) is 0.649. The molecule has 1 fully saturated rings. The summed E-state index contributed by atoms with van der Waals surface area (Å²) < 4.78 is 11.1. The number of nitrogens with one attached hydrogen (secondary N) is 1. The molecule has 4 rings (SSSR count). The molecule has 0 spiro atoms. The third-order valence-electron chi connectivity index (χ3n) is 4.66. The highest BCUT2D eigenvalue weighted by Crippen LogP contribution is 2.23. The maximum Gasteiger partial charge on any atom is 0.267 e. The van der Waals surface area contributed by atoms with E-state index < -0.39 is 0 Å². The van der Waals surface area contributed by atoms with E-state index in [0.717, 1.165) is 30.2 Å². The van der Waals surface area contributed by atoms with E-state index in [2.05, 4.69) is 5.48 Å². The third kappa shape index (κ3) is 4.80. The Morgan fingerprint density at radius 1 is 1.07 bits per heavy atom. The van der Waals surface area contributed by atoms with Gasteiger partial charge in [-0.2, -0.15) is 0 Å². The molecule has 0 bridgehead atoms. The van der Waals surface area contributed by atoms with Crippen molar-refractivity contribution in [3.8, 4) is 0 Å². The van der Waals surface area contributed by atoms with E-state index in [9.17, 15) is 9.59 Å². The van der Waals surface area contributed by atoms with Crippen LogP contribution in [0, 0.1) is 0 Å². The Labute approximate surface area is 168 Å². The predicted molar refractivity (Wildman–Crippen MR) is 108 cm³/mol. The molecule has 0 radical (unpaired) electrons. The highest BCUT2D eigenvalue weighted by Gasteiger charge is 2.16. The largest absolute Gasteiger partial charge is 0.453 e. The molecule has 6 heteroatoms. The number of carbonyl (C=O) groups is 2. The van der Waals surface area contributed by atoms with Crippen molar-refractivity contribution in [2.24, 2.45) is 0 Å². The summed E-state index contributed by atoms with van der Waals surface area (Å²) >= 11 is 0. The molecule has 2 aromatic carbocycles. The molecule has 2 heterocycles. The van der Waals surface area contributed by atoms with E-state index in [1.54, 1.807) is 30.3 Å². The van der Waals surface area contributed by atoms with Crippen molar-refractivity contribution in [1.29, 1.82) is 0 Å². The average Bonchev–Trinajstić information content (AvgIpc) is 3.20. The van der Waals surface area contributed by atoms with Crippen LogP contribution >= 0.6 is 0 Å². The highest BCUT2D eigenvalue weighted by atomic mass is 16.8. The number of fused-ring (bicyclic) bond motifs is 1. The molecular formula is C23H21NO5. The van der Waals surface area contributed by atoms with Gasteiger partial charge in [-0.1, -0.05) is 36.4 Å². The molecule has 1 saturated heterocycles. The molecule has 1 atom stereocenters. The van der Waals surface area contributed by atoms with Gasteiger partial charge in [-0.3, -0.25) is 9.59 Å². The zero-order valence-electron chi connectivity index (χ0n) is 15.8. The molecule has 148 valence electrons. The number of furan rings is 1. The van der Waals surface area contributed by atoms with Crippen LogP contribution in [0.15, 0.2) is 65.1 Å². The van der Waals surface area contributed by atoms with Gasteiger partial charge in [-0.05, 0) is 42.7 Å². The Balaban J connectivity index is 1.41. The number of benzene rings is 2. The average molecular weight is 391 g/mol. The minimum atomic E-state index is -0.385. The monoisotopic (exact) mass is 391 g/mol. The van der Waals surface area contributed by atoms with Crippen LogP contribution in [0.3, 0.4) is 0 Å². The lowest BCUT2D eigenvalue weighted by atomic mass is 10.1. The lowest BCUT2D eigenvalue weighted by Crippen LogP contribution is -2.32. The highest BCUT2D eigenvalue weighted by molar-refractivity contribution is 6.09. The maximum atomic E-state index is 12.5. The summed E-state index contributed by atoms with van der Waals surface area (Å²) in [7, 11) is 0. The zero-order chi connectivity index (χ0) is 20.1.